The molecule has 0 radical (unpaired) electrons. The summed E-state index contributed by atoms with van der Waals surface area (Å²) >= 11 is 0. The SMILES string of the molecule is COc1ccc(S(=O)(=O)N[C@H]2CCCc3ccccc32)cc1C(=O)N1CCOCC1. The van der Waals surface area contributed by atoms with Crippen LogP contribution in [0, 0.1) is 0 Å². The van der Waals surface area contributed by atoms with E-state index in [0.717, 1.165) is 24.8 Å². The van der Waals surface area contributed by atoms with Crippen LogP contribution in [0.3, 0.4) is 0 Å². The van der Waals surface area contributed by atoms with Crippen molar-refractivity contribution in [1.82, 2.24) is 9.62 Å². The molecule has 1 fully saturated rings. The fraction of sp³-hybridized carbons (Fsp3) is 0.409. The molecule has 0 unspecified atom stereocenters. The number of carbonyl (C=O) groups is 1. The van der Waals surface area contributed by atoms with Crippen LogP contribution in [0.2, 0.25) is 0 Å². The molecule has 1 atom stereocenters. The molecule has 0 spiro atoms. The molecule has 2 aliphatic rings. The minimum Gasteiger partial charge on any atom is -0.496 e. The average Bonchev–Trinajstić information content (AvgIpc) is 2.79. The Balaban J connectivity index is 1.62. The van der Waals surface area contributed by atoms with Crippen LogP contribution in [0.1, 0.15) is 40.4 Å². The zero-order chi connectivity index (χ0) is 21.1. The number of aryl methyl sites for hydroxylation is 1. The molecule has 7 nitrogen and oxygen atoms in total. The van der Waals surface area contributed by atoms with Gasteiger partial charge in [0.15, 0.2) is 0 Å². The Labute approximate surface area is 177 Å². The number of benzene rings is 2. The molecule has 0 saturated carbocycles. The standard InChI is InChI=1S/C22H26N2O5S/c1-28-21-10-9-17(15-19(21)22(25)24-11-13-29-14-12-24)30(26,27)23-20-8-4-6-16-5-2-3-7-18(16)20/h2-3,5,7,9-10,15,20,23H,4,6,8,11-14H2,1H3/t20-/m0/s1. The molecular weight excluding hydrogens is 404 g/mol. The van der Waals surface area contributed by atoms with Crippen molar-refractivity contribution in [3.63, 3.8) is 0 Å². The fourth-order valence-electron chi connectivity index (χ4n) is 4.09. The quantitative estimate of drug-likeness (QED) is 0.788. The second-order valence-electron chi connectivity index (χ2n) is 7.53. The van der Waals surface area contributed by atoms with E-state index in [-0.39, 0.29) is 22.4 Å². The van der Waals surface area contributed by atoms with Gasteiger partial charge in [-0.2, -0.15) is 0 Å². The third-order valence-corrected chi connectivity index (χ3v) is 7.15. The highest BCUT2D eigenvalue weighted by Gasteiger charge is 2.28. The second kappa shape index (κ2) is 8.75. The van der Waals surface area contributed by atoms with Crippen molar-refractivity contribution >= 4 is 15.9 Å². The first-order valence-corrected chi connectivity index (χ1v) is 11.6. The summed E-state index contributed by atoms with van der Waals surface area (Å²) in [6, 6.07) is 12.1. The summed E-state index contributed by atoms with van der Waals surface area (Å²) in [6.45, 7) is 1.87. The number of rotatable bonds is 5. The van der Waals surface area contributed by atoms with E-state index in [1.165, 1.54) is 30.9 Å². The molecule has 1 heterocycles. The number of methoxy groups -OCH3 is 1. The van der Waals surface area contributed by atoms with Crippen LogP contribution in [-0.4, -0.2) is 52.6 Å². The lowest BCUT2D eigenvalue weighted by atomic mass is 9.88. The van der Waals surface area contributed by atoms with Crippen LogP contribution >= 0.6 is 0 Å². The first-order valence-electron chi connectivity index (χ1n) is 10.1. The van der Waals surface area contributed by atoms with Crippen LogP contribution in [0.5, 0.6) is 5.75 Å². The normalized spacial score (nSPS) is 19.2. The zero-order valence-corrected chi connectivity index (χ0v) is 17.8. The summed E-state index contributed by atoms with van der Waals surface area (Å²) in [5, 5.41) is 0. The van der Waals surface area contributed by atoms with Crippen molar-refractivity contribution in [1.29, 1.82) is 0 Å². The summed E-state index contributed by atoms with van der Waals surface area (Å²) < 4.78 is 39.8. The Morgan fingerprint density at radius 3 is 2.70 bits per heavy atom. The minimum absolute atomic E-state index is 0.0583. The topological polar surface area (TPSA) is 84.9 Å². The molecule has 30 heavy (non-hydrogen) atoms. The van der Waals surface area contributed by atoms with E-state index in [1.807, 2.05) is 24.3 Å². The number of morpholine rings is 1. The number of carbonyl (C=O) groups excluding carboxylic acids is 1. The van der Waals surface area contributed by atoms with Crippen LogP contribution in [0.25, 0.3) is 0 Å². The highest BCUT2D eigenvalue weighted by molar-refractivity contribution is 7.89. The Kier molecular flexibility index (Phi) is 6.08. The maximum absolute atomic E-state index is 13.2. The predicted octanol–water partition coefficient (Wildman–Crippen LogP) is 2.52. The van der Waals surface area contributed by atoms with Crippen LogP contribution in [0.15, 0.2) is 47.4 Å². The van der Waals surface area contributed by atoms with Gasteiger partial charge in [0.2, 0.25) is 10.0 Å². The van der Waals surface area contributed by atoms with E-state index in [4.69, 9.17) is 9.47 Å². The number of nitrogens with one attached hydrogen (secondary N) is 1. The minimum atomic E-state index is -3.82. The van der Waals surface area contributed by atoms with Gasteiger partial charge >= 0.3 is 0 Å². The van der Waals surface area contributed by atoms with E-state index < -0.39 is 10.0 Å². The van der Waals surface area contributed by atoms with Crippen LogP contribution in [0.4, 0.5) is 0 Å². The van der Waals surface area contributed by atoms with Gasteiger partial charge in [0.1, 0.15) is 5.75 Å². The molecule has 4 rings (SSSR count). The van der Waals surface area contributed by atoms with Crippen molar-refractivity contribution in [2.75, 3.05) is 33.4 Å². The summed E-state index contributed by atoms with van der Waals surface area (Å²) in [5.74, 6) is 0.101. The lowest BCUT2D eigenvalue weighted by molar-refractivity contribution is 0.0300. The van der Waals surface area contributed by atoms with Gasteiger partial charge in [-0.1, -0.05) is 24.3 Å². The molecular formula is C22H26N2O5S. The predicted molar refractivity (Wildman–Crippen MR) is 112 cm³/mol. The van der Waals surface area contributed by atoms with E-state index >= 15 is 0 Å². The largest absolute Gasteiger partial charge is 0.496 e. The smallest absolute Gasteiger partial charge is 0.257 e. The second-order valence-corrected chi connectivity index (χ2v) is 9.25. The summed E-state index contributed by atoms with van der Waals surface area (Å²) in [7, 11) is -2.35. The van der Waals surface area contributed by atoms with Crippen molar-refractivity contribution in [3.8, 4) is 5.75 Å². The van der Waals surface area contributed by atoms with Crippen molar-refractivity contribution in [2.45, 2.75) is 30.2 Å². The van der Waals surface area contributed by atoms with Gasteiger partial charge in [-0.25, -0.2) is 13.1 Å². The molecule has 2 aromatic rings. The van der Waals surface area contributed by atoms with Gasteiger partial charge in [0.05, 0.1) is 30.8 Å². The lowest BCUT2D eigenvalue weighted by Crippen LogP contribution is -2.41. The number of ether oxygens (including phenoxy) is 2. The molecule has 2 aromatic carbocycles. The van der Waals surface area contributed by atoms with Gasteiger partial charge < -0.3 is 14.4 Å². The first-order chi connectivity index (χ1) is 14.5. The van der Waals surface area contributed by atoms with E-state index in [2.05, 4.69) is 4.72 Å². The number of hydrogen-bond donors (Lipinski definition) is 1. The number of nitrogens with zero attached hydrogens (tertiary/aromatic N) is 1. The van der Waals surface area contributed by atoms with Crippen molar-refractivity contribution < 1.29 is 22.7 Å². The third-order valence-electron chi connectivity index (χ3n) is 5.68. The van der Waals surface area contributed by atoms with Crippen molar-refractivity contribution in [2.24, 2.45) is 0 Å². The third kappa shape index (κ3) is 4.21. The van der Waals surface area contributed by atoms with Gasteiger partial charge in [0.25, 0.3) is 5.91 Å². The fourth-order valence-corrected chi connectivity index (χ4v) is 5.37. The highest BCUT2D eigenvalue weighted by atomic mass is 32.2. The average molecular weight is 431 g/mol. The van der Waals surface area contributed by atoms with Crippen LogP contribution in [-0.2, 0) is 21.2 Å². The molecule has 1 N–H and O–H groups in total. The molecule has 1 aliphatic carbocycles. The first kappa shape index (κ1) is 20.8. The molecule has 0 bridgehead atoms. The van der Waals surface area contributed by atoms with Gasteiger partial charge in [-0.3, -0.25) is 4.79 Å². The van der Waals surface area contributed by atoms with Crippen LogP contribution < -0.4 is 9.46 Å². The number of amides is 1. The Hall–Kier alpha value is -2.42. The van der Waals surface area contributed by atoms with Crippen molar-refractivity contribution in [3.05, 3.63) is 59.2 Å². The molecule has 1 aliphatic heterocycles. The molecule has 0 aromatic heterocycles. The number of fused-ring (bicyclic) bond motifs is 1. The Bertz CT molecular complexity index is 1030. The van der Waals surface area contributed by atoms with E-state index in [1.54, 1.807) is 4.90 Å². The maximum atomic E-state index is 13.2. The molecule has 8 heteroatoms. The van der Waals surface area contributed by atoms with E-state index in [0.29, 0.717) is 32.1 Å². The molecule has 1 amide bonds. The monoisotopic (exact) mass is 430 g/mol. The van der Waals surface area contributed by atoms with Gasteiger partial charge in [0, 0.05) is 19.1 Å². The lowest BCUT2D eigenvalue weighted by Gasteiger charge is -2.28. The van der Waals surface area contributed by atoms with Gasteiger partial charge in [-0.15, -0.1) is 0 Å². The summed E-state index contributed by atoms with van der Waals surface area (Å²) in [6.07, 6.45) is 2.62. The maximum Gasteiger partial charge on any atom is 0.257 e. The molecule has 1 saturated heterocycles. The zero-order valence-electron chi connectivity index (χ0n) is 17.0. The summed E-state index contributed by atoms with van der Waals surface area (Å²) in [4.78, 5) is 14.7. The van der Waals surface area contributed by atoms with E-state index in [9.17, 15) is 13.2 Å². The molecule has 160 valence electrons. The summed E-state index contributed by atoms with van der Waals surface area (Å²) in [5.41, 5.74) is 2.44. The Morgan fingerprint density at radius 1 is 1.17 bits per heavy atom. The number of hydrogen-bond acceptors (Lipinski definition) is 5. The Morgan fingerprint density at radius 2 is 1.93 bits per heavy atom. The number of sulfonamides is 1. The van der Waals surface area contributed by atoms with Gasteiger partial charge in [-0.05, 0) is 48.6 Å². The highest BCUT2D eigenvalue weighted by Crippen LogP contribution is 2.31.